The maximum Gasteiger partial charge on any atom is 0.243 e. The predicted molar refractivity (Wildman–Crippen MR) is 107 cm³/mol. The van der Waals surface area contributed by atoms with E-state index in [4.69, 9.17) is 4.74 Å². The summed E-state index contributed by atoms with van der Waals surface area (Å²) < 4.78 is 32.9. The van der Waals surface area contributed by atoms with Crippen LogP contribution in [0.2, 0.25) is 0 Å². The van der Waals surface area contributed by atoms with Crippen LogP contribution in [0.15, 0.2) is 57.9 Å². The molecule has 3 rings (SSSR count). The van der Waals surface area contributed by atoms with E-state index in [9.17, 15) is 13.2 Å². The molecule has 0 spiro atoms. The van der Waals surface area contributed by atoms with E-state index >= 15 is 0 Å². The van der Waals surface area contributed by atoms with Crippen molar-refractivity contribution >= 4 is 37.5 Å². The van der Waals surface area contributed by atoms with Gasteiger partial charge < -0.3 is 10.1 Å². The number of nitrogens with one attached hydrogen (secondary N) is 1. The quantitative estimate of drug-likeness (QED) is 0.752. The van der Waals surface area contributed by atoms with Gasteiger partial charge in [0.05, 0.1) is 12.0 Å². The summed E-state index contributed by atoms with van der Waals surface area (Å²) in [7, 11) is -1.96. The second-order valence-corrected chi connectivity index (χ2v) is 9.21. The van der Waals surface area contributed by atoms with E-state index in [1.54, 1.807) is 49.6 Å². The normalized spacial score (nSPS) is 16.1. The molecule has 27 heavy (non-hydrogen) atoms. The number of rotatable bonds is 5. The van der Waals surface area contributed by atoms with E-state index < -0.39 is 10.0 Å². The van der Waals surface area contributed by atoms with Crippen LogP contribution in [0.3, 0.4) is 0 Å². The number of sulfonamides is 1. The Hall–Kier alpha value is -1.90. The molecule has 0 atom stereocenters. The molecule has 1 aliphatic rings. The van der Waals surface area contributed by atoms with Crippen LogP contribution in [0.25, 0.3) is 0 Å². The maximum absolute atomic E-state index is 12.7. The largest absolute Gasteiger partial charge is 0.497 e. The van der Waals surface area contributed by atoms with E-state index in [2.05, 4.69) is 21.2 Å². The standard InChI is InChI=1S/C19H21BrN2O4S/c1-26-17-4-2-3-16(13-17)21-19(23)14-9-11-22(12-10-14)27(24,25)18-7-5-15(20)6-8-18/h2-8,13-14H,9-12H2,1H3,(H,21,23). The fourth-order valence-electron chi connectivity index (χ4n) is 3.06. The van der Waals surface area contributed by atoms with Crippen LogP contribution in [0.5, 0.6) is 5.75 Å². The first-order valence-electron chi connectivity index (χ1n) is 8.61. The van der Waals surface area contributed by atoms with Gasteiger partial charge in [-0.2, -0.15) is 4.31 Å². The van der Waals surface area contributed by atoms with Crippen molar-refractivity contribution in [1.82, 2.24) is 4.31 Å². The summed E-state index contributed by atoms with van der Waals surface area (Å²) in [6.45, 7) is 0.656. The lowest BCUT2D eigenvalue weighted by Gasteiger charge is -2.30. The van der Waals surface area contributed by atoms with Crippen LogP contribution >= 0.6 is 15.9 Å². The highest BCUT2D eigenvalue weighted by Gasteiger charge is 2.32. The molecule has 1 amide bonds. The molecule has 1 aliphatic heterocycles. The molecule has 1 heterocycles. The Morgan fingerprint density at radius 3 is 2.44 bits per heavy atom. The fraction of sp³-hybridized carbons (Fsp3) is 0.316. The van der Waals surface area contributed by atoms with Crippen LogP contribution in [0, 0.1) is 5.92 Å². The minimum atomic E-state index is -3.53. The smallest absolute Gasteiger partial charge is 0.243 e. The Morgan fingerprint density at radius 1 is 1.15 bits per heavy atom. The summed E-state index contributed by atoms with van der Waals surface area (Å²) in [5, 5.41) is 2.89. The van der Waals surface area contributed by atoms with Crippen LogP contribution < -0.4 is 10.1 Å². The highest BCUT2D eigenvalue weighted by Crippen LogP contribution is 2.26. The predicted octanol–water partition coefficient (Wildman–Crippen LogP) is 3.50. The minimum absolute atomic E-state index is 0.0936. The number of methoxy groups -OCH3 is 1. The third-order valence-electron chi connectivity index (χ3n) is 4.61. The summed E-state index contributed by atoms with van der Waals surface area (Å²) in [4.78, 5) is 12.8. The number of halogens is 1. The van der Waals surface area contributed by atoms with Crippen molar-refractivity contribution in [3.63, 3.8) is 0 Å². The minimum Gasteiger partial charge on any atom is -0.497 e. The third-order valence-corrected chi connectivity index (χ3v) is 7.05. The van der Waals surface area contributed by atoms with Crippen molar-refractivity contribution in [1.29, 1.82) is 0 Å². The van der Waals surface area contributed by atoms with Gasteiger partial charge in [-0.1, -0.05) is 22.0 Å². The molecule has 0 aliphatic carbocycles. The second-order valence-electron chi connectivity index (χ2n) is 6.35. The average molecular weight is 453 g/mol. The number of nitrogens with zero attached hydrogens (tertiary/aromatic N) is 1. The van der Waals surface area contributed by atoms with Gasteiger partial charge >= 0.3 is 0 Å². The van der Waals surface area contributed by atoms with Gasteiger partial charge in [0.15, 0.2) is 0 Å². The lowest BCUT2D eigenvalue weighted by molar-refractivity contribution is -0.120. The first-order chi connectivity index (χ1) is 12.9. The average Bonchev–Trinajstić information content (AvgIpc) is 2.68. The molecule has 0 radical (unpaired) electrons. The van der Waals surface area contributed by atoms with Crippen LogP contribution in [-0.2, 0) is 14.8 Å². The van der Waals surface area contributed by atoms with Gasteiger partial charge in [0, 0.05) is 35.2 Å². The second kappa shape index (κ2) is 8.41. The number of amides is 1. The highest BCUT2D eigenvalue weighted by molar-refractivity contribution is 9.10. The van der Waals surface area contributed by atoms with Crippen molar-refractivity contribution in [2.24, 2.45) is 5.92 Å². The van der Waals surface area contributed by atoms with Crippen LogP contribution in [0.4, 0.5) is 5.69 Å². The molecule has 0 saturated carbocycles. The zero-order chi connectivity index (χ0) is 19.4. The molecule has 0 bridgehead atoms. The van der Waals surface area contributed by atoms with Gasteiger partial charge in [-0.3, -0.25) is 4.79 Å². The molecule has 0 unspecified atom stereocenters. The summed E-state index contributed by atoms with van der Waals surface area (Å²) >= 11 is 3.31. The summed E-state index contributed by atoms with van der Waals surface area (Å²) in [6.07, 6.45) is 0.983. The molecule has 144 valence electrons. The van der Waals surface area contributed by atoms with Crippen molar-refractivity contribution < 1.29 is 17.9 Å². The van der Waals surface area contributed by atoms with Crippen LogP contribution in [0.1, 0.15) is 12.8 Å². The van der Waals surface area contributed by atoms with Crippen LogP contribution in [-0.4, -0.2) is 38.8 Å². The molecule has 2 aromatic rings. The van der Waals surface area contributed by atoms with E-state index in [-0.39, 0.29) is 16.7 Å². The van der Waals surface area contributed by atoms with Gasteiger partial charge in [0.2, 0.25) is 15.9 Å². The summed E-state index contributed by atoms with van der Waals surface area (Å²) in [5.41, 5.74) is 0.671. The Labute approximate surface area is 167 Å². The zero-order valence-corrected chi connectivity index (χ0v) is 17.3. The first kappa shape index (κ1) is 19.9. The maximum atomic E-state index is 12.7. The fourth-order valence-corrected chi connectivity index (χ4v) is 4.79. The van der Waals surface area contributed by atoms with Gasteiger partial charge in [-0.25, -0.2) is 8.42 Å². The van der Waals surface area contributed by atoms with Crippen molar-refractivity contribution in [2.75, 3.05) is 25.5 Å². The van der Waals surface area contributed by atoms with Gasteiger partial charge in [0.25, 0.3) is 0 Å². The zero-order valence-electron chi connectivity index (χ0n) is 14.9. The molecule has 1 fully saturated rings. The summed E-state index contributed by atoms with van der Waals surface area (Å²) in [5.74, 6) is 0.361. The van der Waals surface area contributed by atoms with Crippen molar-refractivity contribution in [2.45, 2.75) is 17.7 Å². The Bertz CT molecular complexity index is 908. The van der Waals surface area contributed by atoms with E-state index in [1.807, 2.05) is 6.07 Å². The molecular formula is C19H21BrN2O4S. The number of anilines is 1. The molecule has 8 heteroatoms. The molecule has 2 aromatic carbocycles. The van der Waals surface area contributed by atoms with E-state index in [0.717, 1.165) is 4.47 Å². The number of carbonyl (C=O) groups is 1. The van der Waals surface area contributed by atoms with E-state index in [0.29, 0.717) is 37.4 Å². The highest BCUT2D eigenvalue weighted by atomic mass is 79.9. The number of piperidine rings is 1. The lowest BCUT2D eigenvalue weighted by atomic mass is 9.97. The first-order valence-corrected chi connectivity index (χ1v) is 10.8. The topological polar surface area (TPSA) is 75.7 Å². The van der Waals surface area contributed by atoms with Gasteiger partial charge in [0.1, 0.15) is 5.75 Å². The lowest BCUT2D eigenvalue weighted by Crippen LogP contribution is -2.41. The molecule has 1 N–H and O–H groups in total. The number of hydrogen-bond donors (Lipinski definition) is 1. The molecule has 1 saturated heterocycles. The molecule has 6 nitrogen and oxygen atoms in total. The Balaban J connectivity index is 1.61. The van der Waals surface area contributed by atoms with Crippen molar-refractivity contribution in [3.8, 4) is 5.75 Å². The number of benzene rings is 2. The third kappa shape index (κ3) is 4.69. The van der Waals surface area contributed by atoms with Gasteiger partial charge in [-0.05, 0) is 49.2 Å². The number of carbonyl (C=O) groups excluding carboxylic acids is 1. The number of hydrogen-bond acceptors (Lipinski definition) is 4. The Kier molecular flexibility index (Phi) is 6.18. The monoisotopic (exact) mass is 452 g/mol. The SMILES string of the molecule is COc1cccc(NC(=O)C2CCN(S(=O)(=O)c3ccc(Br)cc3)CC2)c1. The molecular weight excluding hydrogens is 432 g/mol. The number of ether oxygens (including phenoxy) is 1. The summed E-state index contributed by atoms with van der Waals surface area (Å²) in [6, 6.07) is 13.8. The van der Waals surface area contributed by atoms with Crippen molar-refractivity contribution in [3.05, 3.63) is 53.0 Å². The Morgan fingerprint density at radius 2 is 1.81 bits per heavy atom. The van der Waals surface area contributed by atoms with E-state index in [1.165, 1.54) is 4.31 Å². The molecule has 0 aromatic heterocycles. The van der Waals surface area contributed by atoms with Gasteiger partial charge in [-0.15, -0.1) is 0 Å².